The molecule has 2 N–H and O–H groups in total. The number of nitrogens with one attached hydrogen (secondary N) is 2. The zero-order chi connectivity index (χ0) is 10.7. The topological polar surface area (TPSA) is 58.2 Å². The molecule has 0 spiro atoms. The Bertz CT molecular complexity index is 268. The predicted molar refractivity (Wildman–Crippen MR) is 54.6 cm³/mol. The highest BCUT2D eigenvalue weighted by Gasteiger charge is 2.21. The van der Waals surface area contributed by atoms with Crippen molar-refractivity contribution in [1.82, 2.24) is 9.44 Å². The highest BCUT2D eigenvalue weighted by molar-refractivity contribution is 7.87. The highest BCUT2D eigenvalue weighted by Crippen LogP contribution is 2.04. The maximum absolute atomic E-state index is 11.3. The van der Waals surface area contributed by atoms with Gasteiger partial charge in [0.25, 0.3) is 10.2 Å². The van der Waals surface area contributed by atoms with Gasteiger partial charge < -0.3 is 0 Å². The van der Waals surface area contributed by atoms with E-state index in [-0.39, 0.29) is 6.04 Å². The molecule has 0 aliphatic rings. The summed E-state index contributed by atoms with van der Waals surface area (Å²) in [6.07, 6.45) is 1.55. The summed E-state index contributed by atoms with van der Waals surface area (Å²) >= 11 is 0. The molecule has 0 bridgehead atoms. The van der Waals surface area contributed by atoms with E-state index in [1.54, 1.807) is 33.8 Å². The lowest BCUT2D eigenvalue weighted by molar-refractivity contribution is 0.511. The second-order valence-electron chi connectivity index (χ2n) is 3.80. The summed E-state index contributed by atoms with van der Waals surface area (Å²) in [5.41, 5.74) is -0.624. The van der Waals surface area contributed by atoms with Gasteiger partial charge in [-0.2, -0.15) is 17.9 Å². The summed E-state index contributed by atoms with van der Waals surface area (Å²) in [6.45, 7) is 10.5. The van der Waals surface area contributed by atoms with Crippen LogP contribution in [0.3, 0.4) is 0 Å². The number of rotatable bonds is 5. The summed E-state index contributed by atoms with van der Waals surface area (Å²) in [6, 6.07) is -0.113. The van der Waals surface area contributed by atoms with Gasteiger partial charge in [-0.05, 0) is 27.7 Å². The van der Waals surface area contributed by atoms with Gasteiger partial charge in [0.15, 0.2) is 0 Å². The third-order valence-electron chi connectivity index (χ3n) is 1.30. The van der Waals surface area contributed by atoms with Gasteiger partial charge in [-0.1, -0.05) is 6.08 Å². The van der Waals surface area contributed by atoms with Crippen molar-refractivity contribution in [3.8, 4) is 0 Å². The lowest BCUT2D eigenvalue weighted by Crippen LogP contribution is -2.49. The van der Waals surface area contributed by atoms with Crippen LogP contribution in [0, 0.1) is 0 Å². The third-order valence-corrected chi connectivity index (χ3v) is 2.88. The normalized spacial score (nSPS) is 13.3. The fourth-order valence-electron chi connectivity index (χ4n) is 0.728. The molecule has 0 heterocycles. The van der Waals surface area contributed by atoms with Crippen LogP contribution in [0.25, 0.3) is 0 Å². The zero-order valence-corrected chi connectivity index (χ0v) is 9.40. The minimum atomic E-state index is -3.42. The molecule has 78 valence electrons. The molecule has 13 heavy (non-hydrogen) atoms. The summed E-state index contributed by atoms with van der Waals surface area (Å²) in [7, 11) is -3.42. The van der Waals surface area contributed by atoms with E-state index in [4.69, 9.17) is 0 Å². The number of hydrogen-bond donors (Lipinski definition) is 2. The van der Waals surface area contributed by atoms with E-state index in [0.29, 0.717) is 0 Å². The molecule has 0 fully saturated rings. The van der Waals surface area contributed by atoms with Crippen LogP contribution < -0.4 is 9.44 Å². The molecule has 0 aromatic heterocycles. The fourth-order valence-corrected chi connectivity index (χ4v) is 2.18. The summed E-state index contributed by atoms with van der Waals surface area (Å²) in [4.78, 5) is 0. The Kier molecular flexibility index (Phi) is 4.09. The van der Waals surface area contributed by atoms with E-state index in [0.717, 1.165) is 0 Å². The molecule has 0 aromatic rings. The second kappa shape index (κ2) is 4.21. The summed E-state index contributed by atoms with van der Waals surface area (Å²) < 4.78 is 27.6. The van der Waals surface area contributed by atoms with Crippen molar-refractivity contribution in [1.29, 1.82) is 0 Å². The van der Waals surface area contributed by atoms with Gasteiger partial charge in [0, 0.05) is 11.6 Å². The molecule has 0 aromatic carbocycles. The average Bonchev–Trinajstić information content (AvgIpc) is 1.81. The van der Waals surface area contributed by atoms with Gasteiger partial charge in [-0.3, -0.25) is 0 Å². The van der Waals surface area contributed by atoms with Crippen LogP contribution in [-0.4, -0.2) is 20.0 Å². The van der Waals surface area contributed by atoms with Crippen molar-refractivity contribution in [2.75, 3.05) is 0 Å². The van der Waals surface area contributed by atoms with Gasteiger partial charge in [-0.25, -0.2) is 0 Å². The van der Waals surface area contributed by atoms with E-state index in [1.165, 1.54) is 0 Å². The molecular weight excluding hydrogens is 188 g/mol. The molecule has 4 nitrogen and oxygen atoms in total. The first kappa shape index (κ1) is 12.6. The Morgan fingerprint density at radius 1 is 1.38 bits per heavy atom. The quantitative estimate of drug-likeness (QED) is 0.653. The zero-order valence-electron chi connectivity index (χ0n) is 8.59. The lowest BCUT2D eigenvalue weighted by atomic mass is 10.1. The Morgan fingerprint density at radius 2 is 1.85 bits per heavy atom. The minimum absolute atomic E-state index is 0.113. The van der Waals surface area contributed by atoms with Gasteiger partial charge in [-0.15, -0.1) is 6.58 Å². The predicted octanol–water partition coefficient (Wildman–Crippen LogP) is 0.783. The molecule has 0 saturated heterocycles. The molecule has 0 aliphatic heterocycles. The van der Waals surface area contributed by atoms with Crippen molar-refractivity contribution in [2.45, 2.75) is 39.3 Å². The van der Waals surface area contributed by atoms with Crippen LogP contribution in [0.2, 0.25) is 0 Å². The molecule has 5 heteroatoms. The van der Waals surface area contributed by atoms with E-state index in [2.05, 4.69) is 16.0 Å². The third kappa shape index (κ3) is 5.79. The smallest absolute Gasteiger partial charge is 0.200 e. The summed E-state index contributed by atoms with van der Waals surface area (Å²) in [5.74, 6) is 0. The van der Waals surface area contributed by atoms with Crippen molar-refractivity contribution >= 4 is 10.2 Å². The first-order chi connectivity index (χ1) is 5.68. The SMILES string of the molecule is C=CC(C)(C)NS(=O)(=O)NC(C)C. The molecule has 0 saturated carbocycles. The fraction of sp³-hybridized carbons (Fsp3) is 0.750. The van der Waals surface area contributed by atoms with Crippen LogP contribution in [0.5, 0.6) is 0 Å². The number of hydrogen-bond acceptors (Lipinski definition) is 2. The van der Waals surface area contributed by atoms with Crippen LogP contribution in [0.4, 0.5) is 0 Å². The van der Waals surface area contributed by atoms with Crippen molar-refractivity contribution in [2.24, 2.45) is 0 Å². The van der Waals surface area contributed by atoms with E-state index >= 15 is 0 Å². The van der Waals surface area contributed by atoms with Crippen molar-refractivity contribution < 1.29 is 8.42 Å². The van der Waals surface area contributed by atoms with Crippen LogP contribution >= 0.6 is 0 Å². The van der Waals surface area contributed by atoms with E-state index < -0.39 is 15.7 Å². The monoisotopic (exact) mass is 206 g/mol. The maximum atomic E-state index is 11.3. The first-order valence-electron chi connectivity index (χ1n) is 4.13. The molecular formula is C8H18N2O2S. The second-order valence-corrected chi connectivity index (χ2v) is 5.25. The van der Waals surface area contributed by atoms with Crippen molar-refractivity contribution in [3.63, 3.8) is 0 Å². The Labute approximate surface area is 80.6 Å². The van der Waals surface area contributed by atoms with E-state index in [9.17, 15) is 8.42 Å². The van der Waals surface area contributed by atoms with Gasteiger partial charge >= 0.3 is 0 Å². The Balaban J connectivity index is 4.43. The van der Waals surface area contributed by atoms with Crippen molar-refractivity contribution in [3.05, 3.63) is 12.7 Å². The van der Waals surface area contributed by atoms with Crippen LogP contribution in [-0.2, 0) is 10.2 Å². The van der Waals surface area contributed by atoms with Gasteiger partial charge in [0.05, 0.1) is 0 Å². The van der Waals surface area contributed by atoms with Gasteiger partial charge in [0.1, 0.15) is 0 Å². The standard InChI is InChI=1S/C8H18N2O2S/c1-6-8(4,5)10-13(11,12)9-7(2)3/h6-7,9-10H,1H2,2-5H3. The minimum Gasteiger partial charge on any atom is -0.200 e. The Hall–Kier alpha value is -0.390. The molecule has 0 amide bonds. The molecule has 0 radical (unpaired) electrons. The highest BCUT2D eigenvalue weighted by atomic mass is 32.2. The van der Waals surface area contributed by atoms with E-state index in [1.807, 2.05) is 0 Å². The Morgan fingerprint density at radius 3 is 2.15 bits per heavy atom. The lowest BCUT2D eigenvalue weighted by Gasteiger charge is -2.22. The molecule has 0 rings (SSSR count). The van der Waals surface area contributed by atoms with Gasteiger partial charge in [0.2, 0.25) is 0 Å². The van der Waals surface area contributed by atoms with Crippen LogP contribution in [0.15, 0.2) is 12.7 Å². The molecule has 0 unspecified atom stereocenters. The summed E-state index contributed by atoms with van der Waals surface area (Å²) in [5, 5.41) is 0. The van der Waals surface area contributed by atoms with Crippen LogP contribution in [0.1, 0.15) is 27.7 Å². The first-order valence-corrected chi connectivity index (χ1v) is 5.62. The largest absolute Gasteiger partial charge is 0.277 e. The molecule has 0 atom stereocenters. The molecule has 0 aliphatic carbocycles. The maximum Gasteiger partial charge on any atom is 0.277 e. The average molecular weight is 206 g/mol.